The van der Waals surface area contributed by atoms with E-state index in [4.69, 9.17) is 9.84 Å². The summed E-state index contributed by atoms with van der Waals surface area (Å²) in [7, 11) is 1.47. The number of rotatable bonds is 4. The quantitative estimate of drug-likeness (QED) is 0.858. The van der Waals surface area contributed by atoms with E-state index < -0.39 is 11.8 Å². The third-order valence-corrected chi connectivity index (χ3v) is 2.60. The Hall–Kier alpha value is -1.58. The lowest BCUT2D eigenvalue weighted by molar-refractivity contribution is -0.137. The number of carboxylic acid groups (broad SMARTS) is 1. The van der Waals surface area contributed by atoms with Crippen LogP contribution in [0.15, 0.2) is 12.1 Å². The molecule has 0 aliphatic heterocycles. The molecule has 0 aliphatic carbocycles. The van der Waals surface area contributed by atoms with Crippen LogP contribution < -0.4 is 4.74 Å². The second-order valence-corrected chi connectivity index (χ2v) is 3.82. The van der Waals surface area contributed by atoms with Crippen molar-refractivity contribution in [2.24, 2.45) is 0 Å². The number of halogens is 1. The molecule has 4 heteroatoms. The molecular weight excluding hydrogens is 211 g/mol. The number of aliphatic carboxylic acids is 1. The zero-order valence-electron chi connectivity index (χ0n) is 9.58. The summed E-state index contributed by atoms with van der Waals surface area (Å²) in [4.78, 5) is 10.6. The molecule has 0 bridgehead atoms. The molecule has 1 rings (SSSR count). The Balaban J connectivity index is 3.12. The first-order chi connectivity index (χ1) is 7.45. The highest BCUT2D eigenvalue weighted by molar-refractivity contribution is 5.68. The Morgan fingerprint density at radius 2 is 2.19 bits per heavy atom. The van der Waals surface area contributed by atoms with E-state index in [1.54, 1.807) is 13.8 Å². The van der Waals surface area contributed by atoms with Gasteiger partial charge >= 0.3 is 5.97 Å². The lowest BCUT2D eigenvalue weighted by Crippen LogP contribution is -2.06. The zero-order chi connectivity index (χ0) is 12.3. The summed E-state index contributed by atoms with van der Waals surface area (Å²) in [6.07, 6.45) is -0.0204. The van der Waals surface area contributed by atoms with Gasteiger partial charge in [0.15, 0.2) is 0 Å². The maximum absolute atomic E-state index is 13.3. The van der Waals surface area contributed by atoms with Crippen molar-refractivity contribution in [3.8, 4) is 5.75 Å². The van der Waals surface area contributed by atoms with Gasteiger partial charge in [-0.2, -0.15) is 0 Å². The summed E-state index contributed by atoms with van der Waals surface area (Å²) in [6, 6.07) is 2.66. The summed E-state index contributed by atoms with van der Waals surface area (Å²) in [5.41, 5.74) is 1.47. The Bertz CT molecular complexity index is 401. The number of benzene rings is 1. The molecule has 0 heterocycles. The van der Waals surface area contributed by atoms with Crippen LogP contribution >= 0.6 is 0 Å². The van der Waals surface area contributed by atoms with Crippen molar-refractivity contribution >= 4 is 5.97 Å². The summed E-state index contributed by atoms with van der Waals surface area (Å²) in [6.45, 7) is 3.56. The molecule has 0 radical (unpaired) electrons. The molecule has 1 unspecified atom stereocenters. The van der Waals surface area contributed by atoms with Crippen LogP contribution in [0.4, 0.5) is 4.39 Å². The van der Waals surface area contributed by atoms with Crippen molar-refractivity contribution in [1.29, 1.82) is 0 Å². The van der Waals surface area contributed by atoms with Crippen molar-refractivity contribution in [3.05, 3.63) is 29.1 Å². The number of carbonyl (C=O) groups is 1. The number of hydrogen-bond donors (Lipinski definition) is 1. The Kier molecular flexibility index (Phi) is 3.88. The van der Waals surface area contributed by atoms with E-state index in [2.05, 4.69) is 0 Å². The minimum absolute atomic E-state index is 0.0204. The Morgan fingerprint density at radius 1 is 1.56 bits per heavy atom. The summed E-state index contributed by atoms with van der Waals surface area (Å²) < 4.78 is 18.3. The summed E-state index contributed by atoms with van der Waals surface area (Å²) in [5, 5.41) is 8.71. The first-order valence-electron chi connectivity index (χ1n) is 5.01. The number of hydrogen-bond acceptors (Lipinski definition) is 2. The molecule has 0 saturated heterocycles. The highest BCUT2D eigenvalue weighted by atomic mass is 19.1. The van der Waals surface area contributed by atoms with Gasteiger partial charge in [0.1, 0.15) is 11.6 Å². The Labute approximate surface area is 93.9 Å². The molecule has 88 valence electrons. The second-order valence-electron chi connectivity index (χ2n) is 3.82. The number of methoxy groups -OCH3 is 1. The van der Waals surface area contributed by atoms with Gasteiger partial charge < -0.3 is 9.84 Å². The van der Waals surface area contributed by atoms with Gasteiger partial charge in [-0.15, -0.1) is 0 Å². The van der Waals surface area contributed by atoms with Crippen LogP contribution in [-0.4, -0.2) is 18.2 Å². The van der Waals surface area contributed by atoms with Gasteiger partial charge in [0.2, 0.25) is 0 Å². The molecule has 1 atom stereocenters. The van der Waals surface area contributed by atoms with Gasteiger partial charge in [-0.3, -0.25) is 4.79 Å². The molecule has 0 aromatic heterocycles. The average Bonchev–Trinajstić information content (AvgIpc) is 2.19. The van der Waals surface area contributed by atoms with E-state index in [9.17, 15) is 9.18 Å². The molecule has 0 fully saturated rings. The fraction of sp³-hybridized carbons (Fsp3) is 0.417. The van der Waals surface area contributed by atoms with Gasteiger partial charge in [-0.1, -0.05) is 6.92 Å². The monoisotopic (exact) mass is 226 g/mol. The molecule has 16 heavy (non-hydrogen) atoms. The van der Waals surface area contributed by atoms with Crippen molar-refractivity contribution in [1.82, 2.24) is 0 Å². The topological polar surface area (TPSA) is 46.5 Å². The fourth-order valence-electron chi connectivity index (χ4n) is 1.77. The van der Waals surface area contributed by atoms with Gasteiger partial charge in [-0.25, -0.2) is 4.39 Å². The van der Waals surface area contributed by atoms with E-state index in [1.807, 2.05) is 0 Å². The highest BCUT2D eigenvalue weighted by Crippen LogP contribution is 2.30. The molecule has 1 aromatic rings. The third-order valence-electron chi connectivity index (χ3n) is 2.60. The zero-order valence-corrected chi connectivity index (χ0v) is 9.58. The lowest BCUT2D eigenvalue weighted by Gasteiger charge is -2.15. The molecule has 0 aliphatic rings. The van der Waals surface area contributed by atoms with Crippen molar-refractivity contribution < 1.29 is 19.0 Å². The molecular formula is C12H15FO3. The van der Waals surface area contributed by atoms with Crippen molar-refractivity contribution in [3.63, 3.8) is 0 Å². The average molecular weight is 226 g/mol. The largest absolute Gasteiger partial charge is 0.496 e. The standard InChI is InChI=1S/C12H15FO3/c1-7(4-12(14)15)10-5-9(13)6-11(16-3)8(10)2/h5-7H,4H2,1-3H3,(H,14,15). The molecule has 0 amide bonds. The lowest BCUT2D eigenvalue weighted by atomic mass is 9.93. The van der Waals surface area contributed by atoms with Gasteiger partial charge in [-0.05, 0) is 30.0 Å². The first kappa shape index (κ1) is 12.5. The van der Waals surface area contributed by atoms with E-state index in [1.165, 1.54) is 19.2 Å². The summed E-state index contributed by atoms with van der Waals surface area (Å²) >= 11 is 0. The SMILES string of the molecule is COc1cc(F)cc(C(C)CC(=O)O)c1C. The number of ether oxygens (including phenoxy) is 1. The first-order valence-corrected chi connectivity index (χ1v) is 5.01. The van der Waals surface area contributed by atoms with Crippen LogP contribution in [0.5, 0.6) is 5.75 Å². The minimum Gasteiger partial charge on any atom is -0.496 e. The fourth-order valence-corrected chi connectivity index (χ4v) is 1.77. The van der Waals surface area contributed by atoms with E-state index >= 15 is 0 Å². The molecule has 1 aromatic carbocycles. The predicted molar refractivity (Wildman–Crippen MR) is 58.4 cm³/mol. The Morgan fingerprint density at radius 3 is 2.69 bits per heavy atom. The van der Waals surface area contributed by atoms with Crippen molar-refractivity contribution in [2.75, 3.05) is 7.11 Å². The maximum atomic E-state index is 13.3. The van der Waals surface area contributed by atoms with Gasteiger partial charge in [0.05, 0.1) is 13.5 Å². The molecule has 3 nitrogen and oxygen atoms in total. The molecule has 0 spiro atoms. The molecule has 0 saturated carbocycles. The van der Waals surface area contributed by atoms with Crippen molar-refractivity contribution in [2.45, 2.75) is 26.2 Å². The van der Waals surface area contributed by atoms with E-state index in [0.717, 1.165) is 5.56 Å². The number of carboxylic acids is 1. The maximum Gasteiger partial charge on any atom is 0.303 e. The highest BCUT2D eigenvalue weighted by Gasteiger charge is 2.16. The molecule has 1 N–H and O–H groups in total. The smallest absolute Gasteiger partial charge is 0.303 e. The van der Waals surface area contributed by atoms with E-state index in [-0.39, 0.29) is 12.3 Å². The third kappa shape index (κ3) is 2.72. The second kappa shape index (κ2) is 4.96. The van der Waals surface area contributed by atoms with Crippen LogP contribution in [0.25, 0.3) is 0 Å². The van der Waals surface area contributed by atoms with Crippen LogP contribution in [0, 0.1) is 12.7 Å². The normalized spacial score (nSPS) is 12.2. The van der Waals surface area contributed by atoms with Crippen LogP contribution in [0.3, 0.4) is 0 Å². The van der Waals surface area contributed by atoms with Crippen LogP contribution in [0.2, 0.25) is 0 Å². The summed E-state index contributed by atoms with van der Waals surface area (Å²) in [5.74, 6) is -1.08. The van der Waals surface area contributed by atoms with Gasteiger partial charge in [0, 0.05) is 6.07 Å². The van der Waals surface area contributed by atoms with Crippen LogP contribution in [0.1, 0.15) is 30.4 Å². The van der Waals surface area contributed by atoms with Crippen LogP contribution in [-0.2, 0) is 4.79 Å². The van der Waals surface area contributed by atoms with E-state index in [0.29, 0.717) is 11.3 Å². The predicted octanol–water partition coefficient (Wildman–Crippen LogP) is 2.72. The minimum atomic E-state index is -0.893. The van der Waals surface area contributed by atoms with Gasteiger partial charge in [0.25, 0.3) is 0 Å².